The van der Waals surface area contributed by atoms with Crippen molar-refractivity contribution in [3.63, 3.8) is 0 Å². The molecule has 0 aliphatic carbocycles. The highest BCUT2D eigenvalue weighted by Crippen LogP contribution is 2.28. The van der Waals surface area contributed by atoms with Crippen LogP contribution < -0.4 is 4.90 Å². The van der Waals surface area contributed by atoms with Gasteiger partial charge in [-0.2, -0.15) is 17.7 Å². The fraction of sp³-hybridized carbons (Fsp3) is 0.545. The fourth-order valence-corrected chi connectivity index (χ4v) is 2.36. The van der Waals surface area contributed by atoms with Gasteiger partial charge in [0, 0.05) is 20.0 Å². The van der Waals surface area contributed by atoms with Crippen molar-refractivity contribution in [3.05, 3.63) is 11.8 Å². The van der Waals surface area contributed by atoms with E-state index < -0.39 is 5.97 Å². The molecule has 2 heterocycles. The first-order valence-corrected chi connectivity index (χ1v) is 6.23. The Kier molecular flexibility index (Phi) is 3.60. The van der Waals surface area contributed by atoms with Crippen LogP contribution >= 0.6 is 12.6 Å². The molecule has 1 atom stereocenters. The third kappa shape index (κ3) is 2.10. The molecule has 2 rings (SSSR count). The molecule has 1 aliphatic rings. The lowest BCUT2D eigenvalue weighted by Gasteiger charge is -2.17. The van der Waals surface area contributed by atoms with Crippen molar-refractivity contribution < 1.29 is 14.3 Å². The highest BCUT2D eigenvalue weighted by molar-refractivity contribution is 7.80. The number of rotatable bonds is 3. The number of amides is 1. The quantitative estimate of drug-likeness (QED) is 0.640. The average Bonchev–Trinajstić information content (AvgIpc) is 2.91. The molecule has 0 bridgehead atoms. The van der Waals surface area contributed by atoms with Gasteiger partial charge in [0.25, 0.3) is 0 Å². The lowest BCUT2D eigenvalue weighted by atomic mass is 10.1. The fourth-order valence-electron chi connectivity index (χ4n) is 2.11. The van der Waals surface area contributed by atoms with Crippen LogP contribution in [0, 0.1) is 5.92 Å². The van der Waals surface area contributed by atoms with Gasteiger partial charge in [0.15, 0.2) is 0 Å². The van der Waals surface area contributed by atoms with Gasteiger partial charge in [-0.25, -0.2) is 4.79 Å². The normalized spacial score (nSPS) is 19.4. The van der Waals surface area contributed by atoms with Crippen molar-refractivity contribution in [2.24, 2.45) is 13.0 Å². The molecule has 1 aromatic heterocycles. The number of anilines is 1. The summed E-state index contributed by atoms with van der Waals surface area (Å²) in [6.45, 7) is 0.561. The van der Waals surface area contributed by atoms with Gasteiger partial charge in [0.2, 0.25) is 5.91 Å². The van der Waals surface area contributed by atoms with Crippen molar-refractivity contribution in [1.29, 1.82) is 0 Å². The van der Waals surface area contributed by atoms with Crippen LogP contribution in [0.3, 0.4) is 0 Å². The predicted octanol–water partition coefficient (Wildman–Crippen LogP) is 0.489. The Bertz CT molecular complexity index is 486. The summed E-state index contributed by atoms with van der Waals surface area (Å²) in [7, 11) is 3.00. The summed E-state index contributed by atoms with van der Waals surface area (Å²) < 4.78 is 6.21. The number of thiol groups is 1. The summed E-state index contributed by atoms with van der Waals surface area (Å²) in [6, 6.07) is 0. The highest BCUT2D eigenvalue weighted by Gasteiger charge is 2.34. The first-order valence-electron chi connectivity index (χ1n) is 5.60. The summed E-state index contributed by atoms with van der Waals surface area (Å²) in [4.78, 5) is 25.2. The molecule has 7 heteroatoms. The second-order valence-electron chi connectivity index (χ2n) is 4.25. The van der Waals surface area contributed by atoms with Crippen LogP contribution in [0.2, 0.25) is 0 Å². The van der Waals surface area contributed by atoms with E-state index in [1.807, 2.05) is 0 Å². The van der Waals surface area contributed by atoms with Gasteiger partial charge in [-0.15, -0.1) is 0 Å². The minimum absolute atomic E-state index is 0.0113. The molecule has 1 fully saturated rings. The van der Waals surface area contributed by atoms with E-state index in [1.165, 1.54) is 18.0 Å². The van der Waals surface area contributed by atoms with Gasteiger partial charge in [-0.1, -0.05) is 0 Å². The number of carbonyl (C=O) groups is 2. The molecule has 0 radical (unpaired) electrons. The van der Waals surface area contributed by atoms with E-state index in [9.17, 15) is 9.59 Å². The van der Waals surface area contributed by atoms with Crippen LogP contribution in [0.1, 0.15) is 16.8 Å². The first-order chi connectivity index (χ1) is 8.58. The monoisotopic (exact) mass is 269 g/mol. The second kappa shape index (κ2) is 5.01. The zero-order chi connectivity index (χ0) is 13.3. The standard InChI is InChI=1S/C11H15N3O3S/c1-13-10(8(4-12-13)11(16)17-2)14-5-7(6-18)3-9(14)15/h4,7,18H,3,5-6H2,1-2H3. The van der Waals surface area contributed by atoms with Crippen LogP contribution in [0.25, 0.3) is 0 Å². The molecule has 1 aromatic rings. The van der Waals surface area contributed by atoms with Crippen LogP contribution in [-0.2, 0) is 16.6 Å². The largest absolute Gasteiger partial charge is 0.465 e. The maximum absolute atomic E-state index is 12.0. The SMILES string of the molecule is COC(=O)c1cnn(C)c1N1CC(CS)CC1=O. The molecular formula is C11H15N3O3S. The Balaban J connectivity index is 2.36. The van der Waals surface area contributed by atoms with Crippen LogP contribution in [0.4, 0.5) is 5.82 Å². The van der Waals surface area contributed by atoms with Crippen molar-refractivity contribution in [3.8, 4) is 0 Å². The Labute approximate surface area is 110 Å². The van der Waals surface area contributed by atoms with Gasteiger partial charge in [-0.3, -0.25) is 14.4 Å². The number of ether oxygens (including phenoxy) is 1. The molecule has 18 heavy (non-hydrogen) atoms. The summed E-state index contributed by atoms with van der Waals surface area (Å²) in [5.74, 6) is 0.855. The van der Waals surface area contributed by atoms with Crippen LogP contribution in [-0.4, -0.2) is 41.1 Å². The highest BCUT2D eigenvalue weighted by atomic mass is 32.1. The molecule has 0 spiro atoms. The maximum Gasteiger partial charge on any atom is 0.343 e. The van der Waals surface area contributed by atoms with E-state index in [1.54, 1.807) is 11.9 Å². The van der Waals surface area contributed by atoms with E-state index in [0.29, 0.717) is 30.1 Å². The summed E-state index contributed by atoms with van der Waals surface area (Å²) in [5.41, 5.74) is 0.313. The third-order valence-corrected chi connectivity index (χ3v) is 3.55. The van der Waals surface area contributed by atoms with Gasteiger partial charge >= 0.3 is 5.97 Å². The maximum atomic E-state index is 12.0. The predicted molar refractivity (Wildman–Crippen MR) is 68.9 cm³/mol. The van der Waals surface area contributed by atoms with Crippen molar-refractivity contribution >= 4 is 30.3 Å². The smallest absolute Gasteiger partial charge is 0.343 e. The molecule has 0 N–H and O–H groups in total. The molecule has 1 aliphatic heterocycles. The topological polar surface area (TPSA) is 64.4 Å². The Morgan fingerprint density at radius 3 is 2.94 bits per heavy atom. The van der Waals surface area contributed by atoms with Crippen LogP contribution in [0.15, 0.2) is 6.20 Å². The second-order valence-corrected chi connectivity index (χ2v) is 4.62. The Morgan fingerprint density at radius 2 is 2.39 bits per heavy atom. The average molecular weight is 269 g/mol. The van der Waals surface area contributed by atoms with Crippen molar-refractivity contribution in [2.75, 3.05) is 24.3 Å². The van der Waals surface area contributed by atoms with Crippen molar-refractivity contribution in [2.45, 2.75) is 6.42 Å². The lowest BCUT2D eigenvalue weighted by Crippen LogP contribution is -2.28. The number of aromatic nitrogens is 2. The molecule has 6 nitrogen and oxygen atoms in total. The van der Waals surface area contributed by atoms with Crippen molar-refractivity contribution in [1.82, 2.24) is 9.78 Å². The van der Waals surface area contributed by atoms with Gasteiger partial charge in [-0.05, 0) is 11.7 Å². The third-order valence-electron chi connectivity index (χ3n) is 3.03. The number of esters is 1. The molecule has 0 saturated carbocycles. The van der Waals surface area contributed by atoms with Gasteiger partial charge in [0.05, 0.1) is 13.3 Å². The van der Waals surface area contributed by atoms with E-state index in [-0.39, 0.29) is 11.8 Å². The molecule has 1 saturated heterocycles. The van der Waals surface area contributed by atoms with Gasteiger partial charge < -0.3 is 4.74 Å². The van der Waals surface area contributed by atoms with Gasteiger partial charge in [0.1, 0.15) is 11.4 Å². The van der Waals surface area contributed by atoms with E-state index in [0.717, 1.165) is 0 Å². The number of methoxy groups -OCH3 is 1. The first kappa shape index (κ1) is 12.9. The zero-order valence-corrected chi connectivity index (χ0v) is 11.2. The summed E-state index contributed by atoms with van der Waals surface area (Å²) in [5, 5.41) is 4.02. The minimum Gasteiger partial charge on any atom is -0.465 e. The number of hydrogen-bond donors (Lipinski definition) is 1. The van der Waals surface area contributed by atoms with E-state index in [4.69, 9.17) is 4.74 Å². The molecule has 98 valence electrons. The number of aryl methyl sites for hydroxylation is 1. The molecule has 1 amide bonds. The van der Waals surface area contributed by atoms with E-state index >= 15 is 0 Å². The van der Waals surface area contributed by atoms with E-state index in [2.05, 4.69) is 17.7 Å². The molecular weight excluding hydrogens is 254 g/mol. The number of nitrogens with zero attached hydrogens (tertiary/aromatic N) is 3. The zero-order valence-electron chi connectivity index (χ0n) is 10.3. The number of hydrogen-bond acceptors (Lipinski definition) is 5. The summed E-state index contributed by atoms with van der Waals surface area (Å²) in [6.07, 6.45) is 1.87. The van der Waals surface area contributed by atoms with Crippen LogP contribution in [0.5, 0.6) is 0 Å². The summed E-state index contributed by atoms with van der Waals surface area (Å²) >= 11 is 4.21. The molecule has 1 unspecified atom stereocenters. The Hall–Kier alpha value is -1.50. The Morgan fingerprint density at radius 1 is 1.67 bits per heavy atom. The molecule has 0 aromatic carbocycles. The number of carbonyl (C=O) groups excluding carboxylic acids is 2. The lowest BCUT2D eigenvalue weighted by molar-refractivity contribution is -0.117. The minimum atomic E-state index is -0.486.